The summed E-state index contributed by atoms with van der Waals surface area (Å²) in [7, 11) is 0. The number of hydrogen-bond donors (Lipinski definition) is 1. The Bertz CT molecular complexity index is 711. The van der Waals surface area contributed by atoms with Gasteiger partial charge < -0.3 is 10.1 Å². The molecule has 3 nitrogen and oxygen atoms in total. The predicted octanol–water partition coefficient (Wildman–Crippen LogP) is 3.12. The average Bonchev–Trinajstić information content (AvgIpc) is 2.52. The molecule has 2 aromatic carbocycles. The number of carbonyl (C=O) groups is 1. The maximum atomic E-state index is 12.0. The van der Waals surface area contributed by atoms with Gasteiger partial charge in [0.05, 0.1) is 6.54 Å². The van der Waals surface area contributed by atoms with E-state index in [0.717, 1.165) is 16.9 Å². The van der Waals surface area contributed by atoms with E-state index >= 15 is 0 Å². The summed E-state index contributed by atoms with van der Waals surface area (Å²) in [6, 6.07) is 15.3. The molecule has 0 bridgehead atoms. The van der Waals surface area contributed by atoms with Gasteiger partial charge >= 0.3 is 0 Å². The Hall–Kier alpha value is -2.73. The SMILES string of the molecule is Cc1ccccc1OCC#CCNC(=O)c1ccccc1C. The summed E-state index contributed by atoms with van der Waals surface area (Å²) in [6.45, 7) is 4.52. The van der Waals surface area contributed by atoms with Gasteiger partial charge in [-0.25, -0.2) is 0 Å². The molecule has 0 saturated carbocycles. The molecule has 0 aliphatic carbocycles. The Balaban J connectivity index is 1.77. The third-order valence-corrected chi connectivity index (χ3v) is 3.25. The molecule has 3 heteroatoms. The van der Waals surface area contributed by atoms with Crippen LogP contribution in [0.5, 0.6) is 5.75 Å². The molecule has 0 aromatic heterocycles. The number of hydrogen-bond acceptors (Lipinski definition) is 2. The van der Waals surface area contributed by atoms with Gasteiger partial charge in [-0.1, -0.05) is 48.2 Å². The first-order chi connectivity index (χ1) is 10.7. The number of aryl methyl sites for hydroxylation is 2. The number of ether oxygens (including phenoxy) is 1. The number of para-hydroxylation sites is 1. The lowest BCUT2D eigenvalue weighted by Crippen LogP contribution is -2.24. The highest BCUT2D eigenvalue weighted by molar-refractivity contribution is 5.95. The highest BCUT2D eigenvalue weighted by Crippen LogP contribution is 2.15. The van der Waals surface area contributed by atoms with Crippen molar-refractivity contribution >= 4 is 5.91 Å². The van der Waals surface area contributed by atoms with E-state index in [1.54, 1.807) is 6.07 Å². The van der Waals surface area contributed by atoms with Crippen molar-refractivity contribution in [3.05, 3.63) is 65.2 Å². The third kappa shape index (κ3) is 4.39. The van der Waals surface area contributed by atoms with E-state index in [0.29, 0.717) is 18.7 Å². The van der Waals surface area contributed by atoms with Crippen LogP contribution in [0, 0.1) is 25.7 Å². The van der Waals surface area contributed by atoms with E-state index in [1.807, 2.05) is 56.3 Å². The van der Waals surface area contributed by atoms with Crippen LogP contribution in [0.1, 0.15) is 21.5 Å². The smallest absolute Gasteiger partial charge is 0.252 e. The number of nitrogens with one attached hydrogen (secondary N) is 1. The van der Waals surface area contributed by atoms with E-state index in [-0.39, 0.29) is 5.91 Å². The van der Waals surface area contributed by atoms with Crippen molar-refractivity contribution in [1.82, 2.24) is 5.32 Å². The van der Waals surface area contributed by atoms with Crippen molar-refractivity contribution in [3.63, 3.8) is 0 Å². The zero-order valence-corrected chi connectivity index (χ0v) is 12.8. The molecule has 0 radical (unpaired) electrons. The van der Waals surface area contributed by atoms with Gasteiger partial charge in [0.2, 0.25) is 0 Å². The van der Waals surface area contributed by atoms with Crippen LogP contribution < -0.4 is 10.1 Å². The van der Waals surface area contributed by atoms with Crippen molar-refractivity contribution < 1.29 is 9.53 Å². The van der Waals surface area contributed by atoms with Gasteiger partial charge in [-0.2, -0.15) is 0 Å². The molecule has 2 rings (SSSR count). The minimum absolute atomic E-state index is 0.104. The molecule has 0 saturated heterocycles. The molecule has 1 N–H and O–H groups in total. The van der Waals surface area contributed by atoms with Crippen LogP contribution in [0.2, 0.25) is 0 Å². The van der Waals surface area contributed by atoms with E-state index in [9.17, 15) is 4.79 Å². The molecule has 0 spiro atoms. The summed E-state index contributed by atoms with van der Waals surface area (Å²) in [5, 5.41) is 2.78. The summed E-state index contributed by atoms with van der Waals surface area (Å²) < 4.78 is 5.56. The highest BCUT2D eigenvalue weighted by atomic mass is 16.5. The van der Waals surface area contributed by atoms with Crippen molar-refractivity contribution in [2.24, 2.45) is 0 Å². The van der Waals surface area contributed by atoms with Crippen molar-refractivity contribution in [2.45, 2.75) is 13.8 Å². The van der Waals surface area contributed by atoms with Crippen LogP contribution in [0.4, 0.5) is 0 Å². The lowest BCUT2D eigenvalue weighted by molar-refractivity contribution is 0.0958. The molecule has 0 fully saturated rings. The summed E-state index contributed by atoms with van der Waals surface area (Å²) >= 11 is 0. The van der Waals surface area contributed by atoms with Gasteiger partial charge in [0.15, 0.2) is 0 Å². The van der Waals surface area contributed by atoms with Gasteiger partial charge in [0.25, 0.3) is 5.91 Å². The molecule has 0 heterocycles. The van der Waals surface area contributed by atoms with Crippen molar-refractivity contribution in [3.8, 4) is 17.6 Å². The van der Waals surface area contributed by atoms with Crippen LogP contribution >= 0.6 is 0 Å². The Morgan fingerprint density at radius 3 is 2.41 bits per heavy atom. The molecule has 1 amide bonds. The lowest BCUT2D eigenvalue weighted by Gasteiger charge is -2.05. The Morgan fingerprint density at radius 1 is 1.00 bits per heavy atom. The molecule has 112 valence electrons. The first-order valence-electron chi connectivity index (χ1n) is 7.16. The van der Waals surface area contributed by atoms with Gasteiger partial charge in [-0.3, -0.25) is 4.79 Å². The first-order valence-corrected chi connectivity index (χ1v) is 7.16. The van der Waals surface area contributed by atoms with Gasteiger partial charge in [0.1, 0.15) is 12.4 Å². The number of rotatable bonds is 4. The first kappa shape index (κ1) is 15.7. The summed E-state index contributed by atoms with van der Waals surface area (Å²) in [4.78, 5) is 12.0. The molecule has 0 aliphatic heterocycles. The van der Waals surface area contributed by atoms with E-state index in [1.165, 1.54) is 0 Å². The zero-order valence-electron chi connectivity index (χ0n) is 12.8. The molecule has 22 heavy (non-hydrogen) atoms. The maximum absolute atomic E-state index is 12.0. The summed E-state index contributed by atoms with van der Waals surface area (Å²) in [5.74, 6) is 6.51. The highest BCUT2D eigenvalue weighted by Gasteiger charge is 2.05. The van der Waals surface area contributed by atoms with Crippen molar-refractivity contribution in [1.29, 1.82) is 0 Å². The second-order valence-corrected chi connectivity index (χ2v) is 4.91. The fourth-order valence-electron chi connectivity index (χ4n) is 1.99. The quantitative estimate of drug-likeness (QED) is 0.880. The van der Waals surface area contributed by atoms with Crippen LogP contribution in [-0.4, -0.2) is 19.1 Å². The van der Waals surface area contributed by atoms with Gasteiger partial charge in [-0.05, 0) is 37.1 Å². The monoisotopic (exact) mass is 293 g/mol. The van der Waals surface area contributed by atoms with Crippen LogP contribution in [-0.2, 0) is 0 Å². The number of benzene rings is 2. The molecular formula is C19H19NO2. The van der Waals surface area contributed by atoms with E-state index in [4.69, 9.17) is 4.74 Å². The third-order valence-electron chi connectivity index (χ3n) is 3.25. The standard InChI is InChI=1S/C19H19NO2/c1-15-9-3-5-11-17(15)19(21)20-13-7-8-14-22-18-12-6-4-10-16(18)2/h3-6,9-12H,13-14H2,1-2H3,(H,20,21). The van der Waals surface area contributed by atoms with E-state index < -0.39 is 0 Å². The predicted molar refractivity (Wildman–Crippen MR) is 88.0 cm³/mol. The molecule has 0 unspecified atom stereocenters. The summed E-state index contributed by atoms with van der Waals surface area (Å²) in [6.07, 6.45) is 0. The second-order valence-electron chi connectivity index (χ2n) is 4.91. The number of carbonyl (C=O) groups excluding carboxylic acids is 1. The minimum Gasteiger partial charge on any atom is -0.481 e. The maximum Gasteiger partial charge on any atom is 0.252 e. The normalized spacial score (nSPS) is 9.55. The van der Waals surface area contributed by atoms with Crippen LogP contribution in [0.25, 0.3) is 0 Å². The van der Waals surface area contributed by atoms with E-state index in [2.05, 4.69) is 17.2 Å². The fraction of sp³-hybridized carbons (Fsp3) is 0.211. The zero-order chi connectivity index (χ0) is 15.8. The average molecular weight is 293 g/mol. The largest absolute Gasteiger partial charge is 0.481 e. The fourth-order valence-corrected chi connectivity index (χ4v) is 1.99. The second kappa shape index (κ2) is 7.90. The van der Waals surface area contributed by atoms with Crippen molar-refractivity contribution in [2.75, 3.05) is 13.2 Å². The lowest BCUT2D eigenvalue weighted by atomic mass is 10.1. The molecular weight excluding hydrogens is 274 g/mol. The topological polar surface area (TPSA) is 38.3 Å². The molecule has 0 aliphatic rings. The Morgan fingerprint density at radius 2 is 1.68 bits per heavy atom. The van der Waals surface area contributed by atoms with Gasteiger partial charge in [-0.15, -0.1) is 0 Å². The Kier molecular flexibility index (Phi) is 5.62. The van der Waals surface area contributed by atoms with Crippen LogP contribution in [0.15, 0.2) is 48.5 Å². The Labute approximate surface area is 131 Å². The van der Waals surface area contributed by atoms with Gasteiger partial charge in [0, 0.05) is 5.56 Å². The molecule has 2 aromatic rings. The summed E-state index contributed by atoms with van der Waals surface area (Å²) in [5.41, 5.74) is 2.72. The van der Waals surface area contributed by atoms with Crippen LogP contribution in [0.3, 0.4) is 0 Å². The number of amides is 1. The minimum atomic E-state index is -0.104. The molecule has 0 atom stereocenters.